The van der Waals surface area contributed by atoms with Gasteiger partial charge in [-0.25, -0.2) is 4.79 Å². The average Bonchev–Trinajstić information content (AvgIpc) is 2.95. The number of ether oxygens (including phenoxy) is 2. The largest absolute Gasteiger partial charge is 0.467 e. The Morgan fingerprint density at radius 3 is 2.86 bits per heavy atom. The lowest BCUT2D eigenvalue weighted by Crippen LogP contribution is -2.63. The lowest BCUT2D eigenvalue weighted by Gasteiger charge is -2.38. The minimum Gasteiger partial charge on any atom is -0.467 e. The van der Waals surface area contributed by atoms with Crippen LogP contribution in [0.3, 0.4) is 0 Å². The molecule has 2 fully saturated rings. The van der Waals surface area contributed by atoms with Gasteiger partial charge in [-0.2, -0.15) is 0 Å². The van der Waals surface area contributed by atoms with Crippen molar-refractivity contribution >= 4 is 11.9 Å². The number of allylic oxidation sites excluding steroid dienone is 1. The molecule has 0 spiro atoms. The topological polar surface area (TPSA) is 76.1 Å². The summed E-state index contributed by atoms with van der Waals surface area (Å²) in [5, 5.41) is 11.0. The van der Waals surface area contributed by atoms with Crippen molar-refractivity contribution in [2.45, 2.75) is 56.9 Å². The number of carbonyl (C=O) groups is 2. The van der Waals surface area contributed by atoms with Crippen LogP contribution >= 0.6 is 0 Å². The van der Waals surface area contributed by atoms with Crippen molar-refractivity contribution in [2.24, 2.45) is 5.92 Å². The molecule has 124 valence electrons. The molecule has 4 atom stereocenters. The van der Waals surface area contributed by atoms with E-state index in [0.29, 0.717) is 12.8 Å². The summed E-state index contributed by atoms with van der Waals surface area (Å²) < 4.78 is 10.6. The Balaban J connectivity index is 2.46. The molecule has 6 heteroatoms. The minimum atomic E-state index is -1.56. The molecule has 0 aromatic carbocycles. The van der Waals surface area contributed by atoms with E-state index in [9.17, 15) is 14.7 Å². The summed E-state index contributed by atoms with van der Waals surface area (Å²) in [7, 11) is 1.26. The molecule has 0 radical (unpaired) electrons. The minimum absolute atomic E-state index is 0.0412. The van der Waals surface area contributed by atoms with Crippen molar-refractivity contribution in [1.82, 2.24) is 4.90 Å². The summed E-state index contributed by atoms with van der Waals surface area (Å²) in [5.74, 6) is -1.61. The molecular formula is C16H25NO5. The summed E-state index contributed by atoms with van der Waals surface area (Å²) in [6, 6.07) is 0. The molecule has 0 aromatic rings. The van der Waals surface area contributed by atoms with E-state index in [4.69, 9.17) is 9.47 Å². The molecule has 2 aliphatic heterocycles. The number of esters is 1. The van der Waals surface area contributed by atoms with Gasteiger partial charge in [-0.1, -0.05) is 19.4 Å². The van der Waals surface area contributed by atoms with E-state index in [1.54, 1.807) is 6.08 Å². The van der Waals surface area contributed by atoms with Gasteiger partial charge in [0.25, 0.3) is 0 Å². The Morgan fingerprint density at radius 2 is 2.32 bits per heavy atom. The normalized spacial score (nSPS) is 37.3. The van der Waals surface area contributed by atoms with E-state index in [1.807, 2.05) is 6.92 Å². The Morgan fingerprint density at radius 1 is 1.64 bits per heavy atom. The number of rotatable bonds is 6. The van der Waals surface area contributed by atoms with Crippen LogP contribution in [-0.4, -0.2) is 53.0 Å². The van der Waals surface area contributed by atoms with Crippen LogP contribution in [0.2, 0.25) is 0 Å². The average molecular weight is 311 g/mol. The van der Waals surface area contributed by atoms with Crippen LogP contribution in [0.25, 0.3) is 0 Å². The van der Waals surface area contributed by atoms with Gasteiger partial charge >= 0.3 is 5.97 Å². The number of fused-ring (bicyclic) bond motifs is 1. The van der Waals surface area contributed by atoms with E-state index in [0.717, 1.165) is 12.8 Å². The number of aliphatic hydroxyl groups is 1. The fraction of sp³-hybridized carbons (Fsp3) is 0.750. The highest BCUT2D eigenvalue weighted by Gasteiger charge is 2.74. The summed E-state index contributed by atoms with van der Waals surface area (Å²) in [5.41, 5.74) is -3.03. The fourth-order valence-corrected chi connectivity index (χ4v) is 3.64. The first kappa shape index (κ1) is 17.0. The van der Waals surface area contributed by atoms with Gasteiger partial charge in [0.1, 0.15) is 11.8 Å². The lowest BCUT2D eigenvalue weighted by molar-refractivity contribution is -0.166. The van der Waals surface area contributed by atoms with Crippen LogP contribution in [0, 0.1) is 5.92 Å². The third kappa shape index (κ3) is 2.08. The van der Waals surface area contributed by atoms with Crippen molar-refractivity contribution in [3.05, 3.63) is 12.7 Å². The number of carbonyl (C=O) groups excluding carboxylic acids is 2. The Bertz CT molecular complexity index is 475. The Kier molecular flexibility index (Phi) is 4.63. The van der Waals surface area contributed by atoms with Gasteiger partial charge in [-0.15, -0.1) is 6.58 Å². The third-order valence-electron chi connectivity index (χ3n) is 4.97. The smallest absolute Gasteiger partial charge is 0.337 e. The molecule has 2 saturated heterocycles. The van der Waals surface area contributed by atoms with Crippen LogP contribution in [0.5, 0.6) is 0 Å². The number of hydrogen-bond acceptors (Lipinski definition) is 5. The lowest BCUT2D eigenvalue weighted by atomic mass is 9.75. The summed E-state index contributed by atoms with van der Waals surface area (Å²) >= 11 is 0. The maximum Gasteiger partial charge on any atom is 0.337 e. The monoisotopic (exact) mass is 311 g/mol. The van der Waals surface area contributed by atoms with Crippen molar-refractivity contribution in [1.29, 1.82) is 0 Å². The van der Waals surface area contributed by atoms with E-state index in [2.05, 4.69) is 6.58 Å². The van der Waals surface area contributed by atoms with Gasteiger partial charge < -0.3 is 14.6 Å². The molecule has 1 amide bonds. The second-order valence-corrected chi connectivity index (χ2v) is 6.19. The summed E-state index contributed by atoms with van der Waals surface area (Å²) in [4.78, 5) is 26.7. The van der Waals surface area contributed by atoms with Crippen LogP contribution in [0.15, 0.2) is 12.7 Å². The van der Waals surface area contributed by atoms with Gasteiger partial charge in [0.05, 0.1) is 19.6 Å². The molecule has 2 unspecified atom stereocenters. The predicted octanol–water partition coefficient (Wildman–Crippen LogP) is 1.23. The van der Waals surface area contributed by atoms with E-state index in [-0.39, 0.29) is 12.5 Å². The second kappa shape index (κ2) is 6.01. The van der Waals surface area contributed by atoms with E-state index in [1.165, 1.54) is 18.9 Å². The summed E-state index contributed by atoms with van der Waals surface area (Å²) in [6.45, 7) is 7.17. The first-order chi connectivity index (χ1) is 10.4. The van der Waals surface area contributed by atoms with Gasteiger partial charge in [0.2, 0.25) is 5.91 Å². The SMILES string of the molecule is C=CCC1C(=O)N2[C@H](CCCC)OC[C@@]2(C(=O)OC)C1(C)O. The highest BCUT2D eigenvalue weighted by atomic mass is 16.6. The highest BCUT2D eigenvalue weighted by Crippen LogP contribution is 2.50. The molecule has 1 N–H and O–H groups in total. The first-order valence-corrected chi connectivity index (χ1v) is 7.75. The van der Waals surface area contributed by atoms with E-state index < -0.39 is 29.3 Å². The summed E-state index contributed by atoms with van der Waals surface area (Å²) in [6.07, 6.45) is 3.87. The highest BCUT2D eigenvalue weighted by molar-refractivity contribution is 5.96. The zero-order chi connectivity index (χ0) is 16.5. The zero-order valence-electron chi connectivity index (χ0n) is 13.5. The standard InChI is InChI=1S/C16H25NO5/c1-5-7-9-12-17-13(18)11(8-6-2)15(3,20)16(17,10-22-12)14(19)21-4/h6,11-12,20H,2,5,7-10H2,1,3-4H3/t11?,12-,15?,16+/m0/s1. The Hall–Kier alpha value is -1.40. The van der Waals surface area contributed by atoms with Gasteiger partial charge in [0.15, 0.2) is 5.54 Å². The zero-order valence-corrected chi connectivity index (χ0v) is 13.5. The Labute approximate surface area is 131 Å². The molecule has 0 aromatic heterocycles. The number of methoxy groups -OCH3 is 1. The van der Waals surface area contributed by atoms with Crippen molar-refractivity contribution in [3.63, 3.8) is 0 Å². The van der Waals surface area contributed by atoms with Gasteiger partial charge in [-0.05, 0) is 26.2 Å². The molecule has 2 heterocycles. The van der Waals surface area contributed by atoms with Gasteiger partial charge in [0, 0.05) is 0 Å². The fourth-order valence-electron chi connectivity index (χ4n) is 3.64. The van der Waals surface area contributed by atoms with Crippen molar-refractivity contribution < 1.29 is 24.2 Å². The second-order valence-electron chi connectivity index (χ2n) is 6.19. The van der Waals surface area contributed by atoms with E-state index >= 15 is 0 Å². The predicted molar refractivity (Wildman–Crippen MR) is 79.8 cm³/mol. The molecular weight excluding hydrogens is 286 g/mol. The molecule has 0 bridgehead atoms. The van der Waals surface area contributed by atoms with Crippen molar-refractivity contribution in [3.8, 4) is 0 Å². The maximum atomic E-state index is 12.8. The maximum absolute atomic E-state index is 12.8. The van der Waals surface area contributed by atoms with Crippen LogP contribution in [0.4, 0.5) is 0 Å². The van der Waals surface area contributed by atoms with Gasteiger partial charge in [-0.3, -0.25) is 9.69 Å². The third-order valence-corrected chi connectivity index (χ3v) is 4.97. The van der Waals surface area contributed by atoms with Crippen LogP contribution in [0.1, 0.15) is 39.5 Å². The van der Waals surface area contributed by atoms with Crippen molar-refractivity contribution in [2.75, 3.05) is 13.7 Å². The number of amides is 1. The number of unbranched alkanes of at least 4 members (excludes halogenated alkanes) is 1. The molecule has 0 aliphatic carbocycles. The molecule has 2 aliphatic rings. The number of nitrogens with zero attached hydrogens (tertiary/aromatic N) is 1. The molecule has 6 nitrogen and oxygen atoms in total. The molecule has 0 saturated carbocycles. The molecule has 2 rings (SSSR count). The number of hydrogen-bond donors (Lipinski definition) is 1. The first-order valence-electron chi connectivity index (χ1n) is 7.75. The molecule has 22 heavy (non-hydrogen) atoms. The van der Waals surface area contributed by atoms with Crippen LogP contribution in [-0.2, 0) is 19.1 Å². The van der Waals surface area contributed by atoms with Crippen LogP contribution < -0.4 is 0 Å². The quantitative estimate of drug-likeness (QED) is 0.590.